The molecule has 0 unspecified atom stereocenters. The average molecular weight is 324 g/mol. The minimum absolute atomic E-state index is 0.212. The van der Waals surface area contributed by atoms with Gasteiger partial charge in [-0.3, -0.25) is 9.59 Å². The molecule has 2 aromatic heterocycles. The summed E-state index contributed by atoms with van der Waals surface area (Å²) in [5, 5.41) is 4.26. The summed E-state index contributed by atoms with van der Waals surface area (Å²) in [5.74, 6) is 0.589. The van der Waals surface area contributed by atoms with Gasteiger partial charge in [0.2, 0.25) is 0 Å². The van der Waals surface area contributed by atoms with Crippen molar-refractivity contribution in [3.8, 4) is 5.75 Å². The molecule has 0 radical (unpaired) electrons. The highest BCUT2D eigenvalue weighted by Crippen LogP contribution is 2.23. The molecule has 7 heteroatoms. The van der Waals surface area contributed by atoms with Gasteiger partial charge in [-0.25, -0.2) is 4.52 Å². The molecule has 0 saturated carbocycles. The van der Waals surface area contributed by atoms with E-state index in [0.29, 0.717) is 30.9 Å². The number of aromatic amines is 1. The van der Waals surface area contributed by atoms with Gasteiger partial charge in [0.1, 0.15) is 17.9 Å². The molecule has 1 amide bonds. The number of benzene rings is 1. The van der Waals surface area contributed by atoms with Crippen LogP contribution in [0.1, 0.15) is 21.7 Å². The number of rotatable bonds is 1. The topological polar surface area (TPSA) is 79.7 Å². The Morgan fingerprint density at radius 3 is 3.04 bits per heavy atom. The normalized spacial score (nSPS) is 14.1. The van der Waals surface area contributed by atoms with Crippen molar-refractivity contribution in [2.45, 2.75) is 13.5 Å². The first kappa shape index (κ1) is 14.5. The fourth-order valence-electron chi connectivity index (χ4n) is 2.89. The first-order valence-corrected chi connectivity index (χ1v) is 7.71. The van der Waals surface area contributed by atoms with Gasteiger partial charge in [0.15, 0.2) is 5.69 Å². The van der Waals surface area contributed by atoms with Crippen molar-refractivity contribution < 1.29 is 9.53 Å². The smallest absolute Gasteiger partial charge is 0.274 e. The van der Waals surface area contributed by atoms with Gasteiger partial charge in [-0.2, -0.15) is 5.10 Å². The SMILES string of the molecule is Cc1cn2nc(C(=O)N3CCOc4ccccc4C3)cc2c(=O)[nH]1. The van der Waals surface area contributed by atoms with Crippen LogP contribution in [0.15, 0.2) is 41.3 Å². The first-order chi connectivity index (χ1) is 11.6. The van der Waals surface area contributed by atoms with E-state index in [1.807, 2.05) is 24.3 Å². The Morgan fingerprint density at radius 2 is 2.17 bits per heavy atom. The molecule has 1 N–H and O–H groups in total. The molecule has 0 bridgehead atoms. The van der Waals surface area contributed by atoms with Crippen molar-refractivity contribution in [1.82, 2.24) is 19.5 Å². The van der Waals surface area contributed by atoms with E-state index in [2.05, 4.69) is 10.1 Å². The number of ether oxygens (including phenoxy) is 1. The molecular formula is C17H16N4O3. The fraction of sp³-hybridized carbons (Fsp3) is 0.235. The number of aromatic nitrogens is 3. The number of fused-ring (bicyclic) bond motifs is 2. The second kappa shape index (κ2) is 5.52. The molecule has 3 heterocycles. The minimum atomic E-state index is -0.258. The lowest BCUT2D eigenvalue weighted by Gasteiger charge is -2.18. The monoisotopic (exact) mass is 324 g/mol. The number of hydrogen-bond donors (Lipinski definition) is 1. The third kappa shape index (κ3) is 2.44. The van der Waals surface area contributed by atoms with Crippen LogP contribution in [0.4, 0.5) is 0 Å². The van der Waals surface area contributed by atoms with Crippen molar-refractivity contribution >= 4 is 11.4 Å². The summed E-state index contributed by atoms with van der Waals surface area (Å²) >= 11 is 0. The van der Waals surface area contributed by atoms with Crippen LogP contribution in [-0.4, -0.2) is 38.6 Å². The average Bonchev–Trinajstić information content (AvgIpc) is 2.86. The van der Waals surface area contributed by atoms with Crippen molar-refractivity contribution in [3.63, 3.8) is 0 Å². The molecule has 0 spiro atoms. The number of hydrogen-bond acceptors (Lipinski definition) is 4. The largest absolute Gasteiger partial charge is 0.491 e. The molecule has 0 aliphatic carbocycles. The molecule has 7 nitrogen and oxygen atoms in total. The predicted octanol–water partition coefficient (Wildman–Crippen LogP) is 1.37. The second-order valence-electron chi connectivity index (χ2n) is 5.81. The van der Waals surface area contributed by atoms with Gasteiger partial charge >= 0.3 is 0 Å². The Labute approximate surface area is 137 Å². The van der Waals surface area contributed by atoms with Gasteiger partial charge in [-0.15, -0.1) is 0 Å². The maximum absolute atomic E-state index is 12.8. The van der Waals surface area contributed by atoms with Gasteiger partial charge in [0, 0.05) is 30.1 Å². The van der Waals surface area contributed by atoms with E-state index in [1.165, 1.54) is 10.6 Å². The van der Waals surface area contributed by atoms with E-state index in [4.69, 9.17) is 4.74 Å². The molecule has 0 atom stereocenters. The number of para-hydroxylation sites is 1. The fourth-order valence-corrected chi connectivity index (χ4v) is 2.89. The number of H-pyrrole nitrogens is 1. The van der Waals surface area contributed by atoms with Crippen molar-refractivity contribution in [2.75, 3.05) is 13.2 Å². The molecule has 1 aliphatic rings. The summed E-state index contributed by atoms with van der Waals surface area (Å²) < 4.78 is 7.13. The summed E-state index contributed by atoms with van der Waals surface area (Å²) in [7, 11) is 0. The maximum Gasteiger partial charge on any atom is 0.274 e. The van der Waals surface area contributed by atoms with Crippen LogP contribution >= 0.6 is 0 Å². The Kier molecular flexibility index (Phi) is 3.34. The van der Waals surface area contributed by atoms with Crippen molar-refractivity contribution in [2.24, 2.45) is 0 Å². The molecule has 1 aliphatic heterocycles. The van der Waals surface area contributed by atoms with E-state index in [-0.39, 0.29) is 17.2 Å². The second-order valence-corrected chi connectivity index (χ2v) is 5.81. The van der Waals surface area contributed by atoms with Gasteiger partial charge in [-0.05, 0) is 13.0 Å². The Hall–Kier alpha value is -3.09. The Bertz CT molecular complexity index is 989. The number of carbonyl (C=O) groups excluding carboxylic acids is 1. The summed E-state index contributed by atoms with van der Waals surface area (Å²) in [6.45, 7) is 3.12. The molecule has 1 aromatic carbocycles. The molecule has 3 aromatic rings. The molecule has 4 rings (SSSR count). The van der Waals surface area contributed by atoms with Crippen LogP contribution in [0.25, 0.3) is 5.52 Å². The summed E-state index contributed by atoms with van der Waals surface area (Å²) in [6, 6.07) is 9.20. The highest BCUT2D eigenvalue weighted by Gasteiger charge is 2.23. The number of carbonyl (C=O) groups is 1. The Morgan fingerprint density at radius 1 is 1.33 bits per heavy atom. The number of nitrogens with one attached hydrogen (secondary N) is 1. The summed E-state index contributed by atoms with van der Waals surface area (Å²) in [6.07, 6.45) is 1.69. The molecule has 24 heavy (non-hydrogen) atoms. The molecule has 0 saturated heterocycles. The van der Waals surface area contributed by atoms with Crippen LogP contribution in [0.2, 0.25) is 0 Å². The van der Waals surface area contributed by atoms with Gasteiger partial charge in [-0.1, -0.05) is 18.2 Å². The number of amides is 1. The zero-order valence-corrected chi connectivity index (χ0v) is 13.2. The van der Waals surface area contributed by atoms with Crippen molar-refractivity contribution in [1.29, 1.82) is 0 Å². The maximum atomic E-state index is 12.8. The molecule has 0 fully saturated rings. The van der Waals surface area contributed by atoms with Crippen LogP contribution in [0, 0.1) is 6.92 Å². The summed E-state index contributed by atoms with van der Waals surface area (Å²) in [5.41, 5.74) is 2.00. The standard InChI is InChI=1S/C17H16N4O3/c1-11-9-21-14(16(22)18-11)8-13(19-21)17(23)20-6-7-24-15-5-3-2-4-12(15)10-20/h2-5,8-9H,6-7,10H2,1H3,(H,18,22). The molecular weight excluding hydrogens is 308 g/mol. The molecule has 122 valence electrons. The minimum Gasteiger partial charge on any atom is -0.491 e. The quantitative estimate of drug-likeness (QED) is 0.733. The van der Waals surface area contributed by atoms with Gasteiger partial charge < -0.3 is 14.6 Å². The van der Waals surface area contributed by atoms with Crippen LogP contribution < -0.4 is 10.3 Å². The van der Waals surface area contributed by atoms with E-state index < -0.39 is 0 Å². The zero-order chi connectivity index (χ0) is 16.7. The lowest BCUT2D eigenvalue weighted by Crippen LogP contribution is -2.32. The van der Waals surface area contributed by atoms with E-state index in [0.717, 1.165) is 11.3 Å². The Balaban J connectivity index is 1.69. The number of aryl methyl sites for hydroxylation is 1. The highest BCUT2D eigenvalue weighted by molar-refractivity contribution is 5.93. The van der Waals surface area contributed by atoms with Crippen LogP contribution in [0.5, 0.6) is 5.75 Å². The van der Waals surface area contributed by atoms with Gasteiger partial charge in [0.25, 0.3) is 11.5 Å². The predicted molar refractivity (Wildman–Crippen MR) is 87.2 cm³/mol. The van der Waals surface area contributed by atoms with Crippen LogP contribution in [0.3, 0.4) is 0 Å². The third-order valence-corrected chi connectivity index (χ3v) is 4.05. The van der Waals surface area contributed by atoms with Crippen molar-refractivity contribution in [3.05, 3.63) is 63.8 Å². The highest BCUT2D eigenvalue weighted by atomic mass is 16.5. The van der Waals surface area contributed by atoms with E-state index in [9.17, 15) is 9.59 Å². The lowest BCUT2D eigenvalue weighted by atomic mass is 10.2. The van der Waals surface area contributed by atoms with E-state index in [1.54, 1.807) is 18.0 Å². The van der Waals surface area contributed by atoms with Gasteiger partial charge in [0.05, 0.1) is 6.54 Å². The summed E-state index contributed by atoms with van der Waals surface area (Å²) in [4.78, 5) is 29.2. The lowest BCUT2D eigenvalue weighted by molar-refractivity contribution is 0.0727. The number of nitrogens with zero attached hydrogens (tertiary/aromatic N) is 3. The third-order valence-electron chi connectivity index (χ3n) is 4.05. The van der Waals surface area contributed by atoms with Crippen LogP contribution in [-0.2, 0) is 6.54 Å². The zero-order valence-electron chi connectivity index (χ0n) is 13.2. The van der Waals surface area contributed by atoms with E-state index >= 15 is 0 Å². The first-order valence-electron chi connectivity index (χ1n) is 7.71.